The number of rotatable bonds is 4. The summed E-state index contributed by atoms with van der Waals surface area (Å²) in [6, 6.07) is 23.5. The molecule has 1 amide bonds. The maximum Gasteiger partial charge on any atom is 0.300 e. The Labute approximate surface area is 185 Å². The van der Waals surface area contributed by atoms with Crippen LogP contribution in [-0.4, -0.2) is 21.8 Å². The number of nitrogens with one attached hydrogen (secondary N) is 1. The van der Waals surface area contributed by atoms with Crippen molar-refractivity contribution in [2.75, 3.05) is 4.90 Å². The van der Waals surface area contributed by atoms with E-state index in [1.165, 1.54) is 4.90 Å². The molecule has 0 spiro atoms. The van der Waals surface area contributed by atoms with E-state index in [4.69, 9.17) is 0 Å². The first-order chi connectivity index (χ1) is 15.6. The number of aromatic amines is 1. The summed E-state index contributed by atoms with van der Waals surface area (Å²) < 4.78 is 0. The second kappa shape index (κ2) is 7.85. The van der Waals surface area contributed by atoms with Crippen molar-refractivity contribution >= 4 is 34.0 Å². The largest absolute Gasteiger partial charge is 0.507 e. The second-order valence-corrected chi connectivity index (χ2v) is 7.84. The van der Waals surface area contributed by atoms with Gasteiger partial charge in [-0.25, -0.2) is 0 Å². The van der Waals surface area contributed by atoms with Gasteiger partial charge in [-0.05, 0) is 30.2 Å². The number of carbonyl (C=O) groups is 2. The molecule has 1 atom stereocenters. The number of benzene rings is 3. The SMILES string of the molecule is CCc1ccc(/C(O)=C2\C(=O)C(=O)N(c3ccccc3)C2c2c[nH]c3ccccc23)cc1. The van der Waals surface area contributed by atoms with Crippen LogP contribution in [0.3, 0.4) is 0 Å². The molecule has 4 aromatic rings. The fourth-order valence-electron chi connectivity index (χ4n) is 4.36. The average molecular weight is 422 g/mol. The zero-order chi connectivity index (χ0) is 22.2. The Kier molecular flexibility index (Phi) is 4.86. The lowest BCUT2D eigenvalue weighted by Gasteiger charge is -2.25. The maximum absolute atomic E-state index is 13.2. The molecule has 5 rings (SSSR count). The number of aliphatic hydroxyl groups excluding tert-OH is 1. The summed E-state index contributed by atoms with van der Waals surface area (Å²) in [6.07, 6.45) is 2.68. The van der Waals surface area contributed by atoms with E-state index in [0.717, 1.165) is 28.5 Å². The van der Waals surface area contributed by atoms with Gasteiger partial charge in [0.05, 0.1) is 11.6 Å². The van der Waals surface area contributed by atoms with E-state index in [1.807, 2.05) is 60.8 Å². The summed E-state index contributed by atoms with van der Waals surface area (Å²) in [6.45, 7) is 2.05. The van der Waals surface area contributed by atoms with Gasteiger partial charge < -0.3 is 10.1 Å². The predicted octanol–water partition coefficient (Wildman–Crippen LogP) is 5.36. The van der Waals surface area contributed by atoms with E-state index in [9.17, 15) is 14.7 Å². The summed E-state index contributed by atoms with van der Waals surface area (Å²) >= 11 is 0. The highest BCUT2D eigenvalue weighted by atomic mass is 16.3. The Morgan fingerprint density at radius 2 is 1.62 bits per heavy atom. The van der Waals surface area contributed by atoms with Gasteiger partial charge in [0.15, 0.2) is 0 Å². The van der Waals surface area contributed by atoms with Crippen LogP contribution in [0.2, 0.25) is 0 Å². The van der Waals surface area contributed by atoms with Gasteiger partial charge in [-0.15, -0.1) is 0 Å². The smallest absolute Gasteiger partial charge is 0.300 e. The number of amides is 1. The number of nitrogens with zero attached hydrogens (tertiary/aromatic N) is 1. The fraction of sp³-hybridized carbons (Fsp3) is 0.111. The number of hydrogen-bond acceptors (Lipinski definition) is 3. The normalized spacial score (nSPS) is 17.9. The van der Waals surface area contributed by atoms with Crippen LogP contribution in [0.15, 0.2) is 90.6 Å². The molecule has 0 bridgehead atoms. The number of para-hydroxylation sites is 2. The molecule has 5 nitrogen and oxygen atoms in total. The molecule has 1 saturated heterocycles. The van der Waals surface area contributed by atoms with Crippen LogP contribution in [0.25, 0.3) is 16.7 Å². The summed E-state index contributed by atoms with van der Waals surface area (Å²) in [4.78, 5) is 31.2. The van der Waals surface area contributed by atoms with E-state index in [2.05, 4.69) is 11.9 Å². The first-order valence-corrected chi connectivity index (χ1v) is 10.6. The molecule has 2 heterocycles. The summed E-state index contributed by atoms with van der Waals surface area (Å²) in [7, 11) is 0. The van der Waals surface area contributed by atoms with E-state index < -0.39 is 17.7 Å². The molecule has 1 fully saturated rings. The van der Waals surface area contributed by atoms with Crippen molar-refractivity contribution < 1.29 is 14.7 Å². The van der Waals surface area contributed by atoms with Gasteiger partial charge in [-0.2, -0.15) is 0 Å². The second-order valence-electron chi connectivity index (χ2n) is 7.84. The van der Waals surface area contributed by atoms with Crippen LogP contribution in [0, 0.1) is 0 Å². The Morgan fingerprint density at radius 1 is 0.938 bits per heavy atom. The van der Waals surface area contributed by atoms with Crippen molar-refractivity contribution in [2.24, 2.45) is 0 Å². The molecular formula is C27H22N2O3. The van der Waals surface area contributed by atoms with E-state index in [-0.39, 0.29) is 11.3 Å². The van der Waals surface area contributed by atoms with Crippen molar-refractivity contribution in [3.05, 3.63) is 107 Å². The Balaban J connectivity index is 1.75. The van der Waals surface area contributed by atoms with Crippen molar-refractivity contribution in [3.63, 3.8) is 0 Å². The third kappa shape index (κ3) is 3.10. The molecule has 0 aliphatic carbocycles. The van der Waals surface area contributed by atoms with Crippen LogP contribution < -0.4 is 4.90 Å². The zero-order valence-electron chi connectivity index (χ0n) is 17.6. The van der Waals surface area contributed by atoms with Crippen LogP contribution in [0.5, 0.6) is 0 Å². The molecular weight excluding hydrogens is 400 g/mol. The number of Topliss-reactive ketones (excluding diaryl/α,β-unsaturated/α-hetero) is 1. The van der Waals surface area contributed by atoms with Gasteiger partial charge in [0.1, 0.15) is 5.76 Å². The monoisotopic (exact) mass is 422 g/mol. The minimum absolute atomic E-state index is 0.0906. The summed E-state index contributed by atoms with van der Waals surface area (Å²) in [5.74, 6) is -1.51. The number of anilines is 1. The highest BCUT2D eigenvalue weighted by molar-refractivity contribution is 6.51. The minimum Gasteiger partial charge on any atom is -0.507 e. The first kappa shape index (κ1) is 19.8. The van der Waals surface area contributed by atoms with Gasteiger partial charge in [-0.1, -0.05) is 67.6 Å². The van der Waals surface area contributed by atoms with Crippen LogP contribution in [-0.2, 0) is 16.0 Å². The van der Waals surface area contributed by atoms with Crippen molar-refractivity contribution in [1.82, 2.24) is 4.98 Å². The van der Waals surface area contributed by atoms with Crippen LogP contribution in [0.1, 0.15) is 29.7 Å². The van der Waals surface area contributed by atoms with Gasteiger partial charge in [0.25, 0.3) is 11.7 Å². The molecule has 0 radical (unpaired) electrons. The standard InChI is InChI=1S/C27H22N2O3/c1-2-17-12-14-18(15-13-17)25(30)23-24(21-16-28-22-11-7-6-10-20(21)22)29(27(32)26(23)31)19-8-4-3-5-9-19/h3-16,24,28,30H,2H2,1H3/b25-23+. The molecule has 1 aliphatic rings. The number of carbonyl (C=O) groups excluding carboxylic acids is 2. The van der Waals surface area contributed by atoms with Gasteiger partial charge in [0.2, 0.25) is 0 Å². The van der Waals surface area contributed by atoms with E-state index in [1.54, 1.807) is 24.3 Å². The van der Waals surface area contributed by atoms with Crippen LogP contribution in [0.4, 0.5) is 5.69 Å². The average Bonchev–Trinajstić information content (AvgIpc) is 3.38. The number of aryl methyl sites for hydroxylation is 1. The van der Waals surface area contributed by atoms with Gasteiger partial charge in [0, 0.05) is 33.9 Å². The van der Waals surface area contributed by atoms with Gasteiger partial charge in [-0.3, -0.25) is 14.5 Å². The lowest BCUT2D eigenvalue weighted by Crippen LogP contribution is -2.29. The Morgan fingerprint density at radius 3 is 2.34 bits per heavy atom. The number of aliphatic hydroxyl groups is 1. The lowest BCUT2D eigenvalue weighted by molar-refractivity contribution is -0.132. The number of H-pyrrole nitrogens is 1. The van der Waals surface area contributed by atoms with E-state index in [0.29, 0.717) is 11.3 Å². The topological polar surface area (TPSA) is 73.4 Å². The molecule has 1 aromatic heterocycles. The molecule has 158 valence electrons. The Hall–Kier alpha value is -4.12. The number of fused-ring (bicyclic) bond motifs is 1. The first-order valence-electron chi connectivity index (χ1n) is 10.6. The number of aromatic nitrogens is 1. The summed E-state index contributed by atoms with van der Waals surface area (Å²) in [5.41, 5.74) is 3.99. The molecule has 32 heavy (non-hydrogen) atoms. The van der Waals surface area contributed by atoms with Gasteiger partial charge >= 0.3 is 0 Å². The zero-order valence-corrected chi connectivity index (χ0v) is 17.6. The predicted molar refractivity (Wildman–Crippen MR) is 125 cm³/mol. The third-order valence-electron chi connectivity index (χ3n) is 6.03. The highest BCUT2D eigenvalue weighted by Gasteiger charge is 2.47. The molecule has 2 N–H and O–H groups in total. The number of hydrogen-bond donors (Lipinski definition) is 2. The molecule has 1 aliphatic heterocycles. The maximum atomic E-state index is 13.2. The van der Waals surface area contributed by atoms with Crippen molar-refractivity contribution in [1.29, 1.82) is 0 Å². The van der Waals surface area contributed by atoms with Crippen molar-refractivity contribution in [2.45, 2.75) is 19.4 Å². The third-order valence-corrected chi connectivity index (χ3v) is 6.03. The highest BCUT2D eigenvalue weighted by Crippen LogP contribution is 2.44. The van der Waals surface area contributed by atoms with Crippen molar-refractivity contribution in [3.8, 4) is 0 Å². The molecule has 0 saturated carbocycles. The minimum atomic E-state index is -0.751. The molecule has 1 unspecified atom stereocenters. The Bertz CT molecular complexity index is 1350. The lowest BCUT2D eigenvalue weighted by atomic mass is 9.94. The fourth-order valence-corrected chi connectivity index (χ4v) is 4.36. The quantitative estimate of drug-likeness (QED) is 0.264. The summed E-state index contributed by atoms with van der Waals surface area (Å²) in [5, 5.41) is 12.1. The van der Waals surface area contributed by atoms with Crippen LogP contribution >= 0.6 is 0 Å². The molecule has 3 aromatic carbocycles. The number of ketones is 1. The van der Waals surface area contributed by atoms with E-state index >= 15 is 0 Å². The molecule has 5 heteroatoms.